The molecule has 1 saturated carbocycles. The number of morpholine rings is 1. The van der Waals surface area contributed by atoms with Gasteiger partial charge in [-0.05, 0) is 19.3 Å². The predicted octanol–water partition coefficient (Wildman–Crippen LogP) is 1.99. The maximum atomic E-state index is 9.19. The first kappa shape index (κ1) is 16.1. The molecule has 0 spiro atoms. The third-order valence-electron chi connectivity index (χ3n) is 4.05. The van der Waals surface area contributed by atoms with Crippen molar-refractivity contribution in [3.8, 4) is 12.1 Å². The van der Waals surface area contributed by atoms with Crippen molar-refractivity contribution in [1.29, 1.82) is 10.5 Å². The van der Waals surface area contributed by atoms with Crippen molar-refractivity contribution in [1.82, 2.24) is 14.8 Å². The molecule has 7 nitrogen and oxygen atoms in total. The van der Waals surface area contributed by atoms with Crippen molar-refractivity contribution >= 4 is 17.7 Å². The van der Waals surface area contributed by atoms with Gasteiger partial charge in [-0.2, -0.15) is 10.5 Å². The topological polar surface area (TPSA) is 90.8 Å². The molecule has 23 heavy (non-hydrogen) atoms. The maximum Gasteiger partial charge on any atom is 0.228 e. The van der Waals surface area contributed by atoms with Gasteiger partial charge in [0.05, 0.1) is 31.3 Å². The van der Waals surface area contributed by atoms with E-state index in [0.29, 0.717) is 24.6 Å². The summed E-state index contributed by atoms with van der Waals surface area (Å²) in [5, 5.41) is 27.5. The highest BCUT2D eigenvalue weighted by molar-refractivity contribution is 7.99. The normalized spacial score (nSPS) is 19.1. The highest BCUT2D eigenvalue weighted by Gasteiger charge is 2.32. The Hall–Kier alpha value is -1.77. The molecule has 1 aromatic heterocycles. The first-order valence-electron chi connectivity index (χ1n) is 8.00. The van der Waals surface area contributed by atoms with Gasteiger partial charge < -0.3 is 9.64 Å². The molecule has 1 atom stereocenters. The van der Waals surface area contributed by atoms with Crippen LogP contribution in [0.3, 0.4) is 0 Å². The van der Waals surface area contributed by atoms with E-state index in [9.17, 15) is 5.26 Å². The molecule has 1 aliphatic heterocycles. The van der Waals surface area contributed by atoms with E-state index in [2.05, 4.69) is 31.8 Å². The summed E-state index contributed by atoms with van der Waals surface area (Å²) in [6, 6.07) is 4.88. The fraction of sp³-hybridized carbons (Fsp3) is 0.733. The van der Waals surface area contributed by atoms with Crippen LogP contribution in [0.4, 0.5) is 5.95 Å². The number of thioether (sulfide) groups is 1. The summed E-state index contributed by atoms with van der Waals surface area (Å²) >= 11 is 1.58. The van der Waals surface area contributed by atoms with Gasteiger partial charge in [-0.1, -0.05) is 11.8 Å². The van der Waals surface area contributed by atoms with Gasteiger partial charge in [-0.15, -0.1) is 10.2 Å². The Balaban J connectivity index is 1.68. The van der Waals surface area contributed by atoms with Crippen LogP contribution in [0.5, 0.6) is 0 Å². The molecular weight excluding hydrogens is 312 g/mol. The highest BCUT2D eigenvalue weighted by atomic mass is 32.2. The minimum absolute atomic E-state index is 0.115. The van der Waals surface area contributed by atoms with Crippen molar-refractivity contribution in [2.75, 3.05) is 37.0 Å². The minimum atomic E-state index is -0.115. The van der Waals surface area contributed by atoms with Gasteiger partial charge in [-0.25, -0.2) is 0 Å². The summed E-state index contributed by atoms with van der Waals surface area (Å²) < 4.78 is 7.64. The number of aromatic nitrogens is 3. The number of ether oxygens (including phenoxy) is 1. The first-order chi connectivity index (χ1) is 11.3. The Morgan fingerprint density at radius 2 is 2.04 bits per heavy atom. The summed E-state index contributed by atoms with van der Waals surface area (Å²) in [4.78, 5) is 2.23. The average molecular weight is 332 g/mol. The summed E-state index contributed by atoms with van der Waals surface area (Å²) in [5.74, 6) is 1.48. The van der Waals surface area contributed by atoms with Crippen LogP contribution in [0.15, 0.2) is 5.16 Å². The number of nitrogens with zero attached hydrogens (tertiary/aromatic N) is 6. The highest BCUT2D eigenvalue weighted by Crippen LogP contribution is 2.41. The van der Waals surface area contributed by atoms with Crippen LogP contribution in [0.1, 0.15) is 31.7 Å². The van der Waals surface area contributed by atoms with Gasteiger partial charge in [-0.3, -0.25) is 4.57 Å². The quantitative estimate of drug-likeness (QED) is 0.705. The van der Waals surface area contributed by atoms with E-state index in [0.717, 1.165) is 37.4 Å². The number of hydrogen-bond acceptors (Lipinski definition) is 7. The van der Waals surface area contributed by atoms with Crippen LogP contribution in [-0.2, 0) is 4.74 Å². The van der Waals surface area contributed by atoms with Crippen LogP contribution < -0.4 is 4.90 Å². The lowest BCUT2D eigenvalue weighted by Crippen LogP contribution is -2.38. The number of nitriles is 2. The lowest BCUT2D eigenvalue weighted by molar-refractivity contribution is 0.121. The van der Waals surface area contributed by atoms with Gasteiger partial charge in [0.2, 0.25) is 5.95 Å². The van der Waals surface area contributed by atoms with Crippen LogP contribution in [-0.4, -0.2) is 46.8 Å². The van der Waals surface area contributed by atoms with E-state index in [1.54, 1.807) is 11.8 Å². The standard InChI is InChI=1S/C15H20N6OS/c16-5-1-2-12(10-17)11-23-15-19-18-14(21(15)13-3-4-13)20-6-8-22-9-7-20/h12-13H,1-4,6-9,11H2. The second kappa shape index (κ2) is 7.67. The molecule has 1 saturated heterocycles. The zero-order valence-corrected chi connectivity index (χ0v) is 13.8. The largest absolute Gasteiger partial charge is 0.378 e. The molecule has 0 radical (unpaired) electrons. The molecule has 2 aliphatic rings. The van der Waals surface area contributed by atoms with Gasteiger partial charge in [0.15, 0.2) is 5.16 Å². The van der Waals surface area contributed by atoms with E-state index in [4.69, 9.17) is 10.00 Å². The van der Waals surface area contributed by atoms with E-state index in [-0.39, 0.29) is 5.92 Å². The molecule has 3 rings (SSSR count). The molecule has 122 valence electrons. The molecule has 1 aromatic rings. The third-order valence-corrected chi connectivity index (χ3v) is 5.16. The molecule has 2 fully saturated rings. The summed E-state index contributed by atoms with van der Waals surface area (Å²) in [5.41, 5.74) is 0. The van der Waals surface area contributed by atoms with Gasteiger partial charge in [0.1, 0.15) is 0 Å². The summed E-state index contributed by atoms with van der Waals surface area (Å²) in [7, 11) is 0. The fourth-order valence-corrected chi connectivity index (χ4v) is 3.66. The van der Waals surface area contributed by atoms with Crippen LogP contribution >= 0.6 is 11.8 Å². The van der Waals surface area contributed by atoms with Crippen LogP contribution in [0.25, 0.3) is 0 Å². The van der Waals surface area contributed by atoms with Crippen LogP contribution in [0, 0.1) is 28.6 Å². The zero-order chi connectivity index (χ0) is 16.1. The summed E-state index contributed by atoms with van der Waals surface area (Å²) in [6.07, 6.45) is 3.37. The number of rotatable bonds is 7. The monoisotopic (exact) mass is 332 g/mol. The van der Waals surface area contributed by atoms with E-state index >= 15 is 0 Å². The lowest BCUT2D eigenvalue weighted by atomic mass is 10.1. The zero-order valence-electron chi connectivity index (χ0n) is 13.0. The third kappa shape index (κ3) is 3.95. The second-order valence-corrected chi connectivity index (χ2v) is 6.80. The Morgan fingerprint density at radius 3 is 2.70 bits per heavy atom. The Bertz CT molecular complexity index is 608. The molecule has 1 aliphatic carbocycles. The van der Waals surface area contributed by atoms with E-state index < -0.39 is 0 Å². The molecule has 1 unspecified atom stereocenters. The predicted molar refractivity (Wildman–Crippen MR) is 86.0 cm³/mol. The van der Waals surface area contributed by atoms with Crippen molar-refractivity contribution in [2.45, 2.75) is 36.9 Å². The second-order valence-electron chi connectivity index (χ2n) is 5.82. The van der Waals surface area contributed by atoms with Crippen molar-refractivity contribution in [3.05, 3.63) is 0 Å². The SMILES string of the molecule is N#CCCC(C#N)CSc1nnc(N2CCOCC2)n1C1CC1. The van der Waals surface area contributed by atoms with Gasteiger partial charge in [0, 0.05) is 31.3 Å². The Labute approximate surface area is 140 Å². The molecule has 0 aromatic carbocycles. The molecule has 0 bridgehead atoms. The number of hydrogen-bond donors (Lipinski definition) is 0. The van der Waals surface area contributed by atoms with Gasteiger partial charge in [0.25, 0.3) is 0 Å². The molecular formula is C15H20N6OS. The first-order valence-corrected chi connectivity index (χ1v) is 8.99. The van der Waals surface area contributed by atoms with E-state index in [1.165, 1.54) is 12.8 Å². The van der Waals surface area contributed by atoms with Crippen molar-refractivity contribution < 1.29 is 4.74 Å². The van der Waals surface area contributed by atoms with Crippen LogP contribution in [0.2, 0.25) is 0 Å². The van der Waals surface area contributed by atoms with Gasteiger partial charge >= 0.3 is 0 Å². The van der Waals surface area contributed by atoms with Crippen molar-refractivity contribution in [3.63, 3.8) is 0 Å². The number of anilines is 1. The minimum Gasteiger partial charge on any atom is -0.378 e. The lowest BCUT2D eigenvalue weighted by Gasteiger charge is -2.27. The molecule has 2 heterocycles. The molecule has 0 N–H and O–H groups in total. The maximum absolute atomic E-state index is 9.19. The smallest absolute Gasteiger partial charge is 0.228 e. The fourth-order valence-electron chi connectivity index (χ4n) is 2.60. The van der Waals surface area contributed by atoms with Crippen molar-refractivity contribution in [2.24, 2.45) is 5.92 Å². The Morgan fingerprint density at radius 1 is 1.26 bits per heavy atom. The molecule has 0 amide bonds. The Kier molecular flexibility index (Phi) is 5.37. The summed E-state index contributed by atoms with van der Waals surface area (Å²) in [6.45, 7) is 3.15. The average Bonchev–Trinajstić information content (AvgIpc) is 3.35. The molecule has 8 heteroatoms. The van der Waals surface area contributed by atoms with E-state index in [1.807, 2.05) is 0 Å².